The number of rotatable bonds is 5. The van der Waals surface area contributed by atoms with Crippen molar-refractivity contribution in [1.82, 2.24) is 10.3 Å². The van der Waals surface area contributed by atoms with Crippen molar-refractivity contribution in [3.63, 3.8) is 0 Å². The number of para-hydroxylation sites is 4. The summed E-state index contributed by atoms with van der Waals surface area (Å²) in [6.07, 6.45) is -0.201. The van der Waals surface area contributed by atoms with Gasteiger partial charge in [-0.25, -0.2) is 4.98 Å². The molecular formula is C18H16N2O4S. The number of hydrogen-bond acceptors (Lipinski definition) is 6. The molecule has 2 heterocycles. The zero-order chi connectivity index (χ0) is 17.1. The molecule has 0 saturated heterocycles. The van der Waals surface area contributed by atoms with Crippen molar-refractivity contribution in [2.75, 3.05) is 18.9 Å². The predicted octanol–water partition coefficient (Wildman–Crippen LogP) is 2.88. The highest BCUT2D eigenvalue weighted by Crippen LogP contribution is 2.30. The number of thioether (sulfide) groups is 1. The second-order valence-corrected chi connectivity index (χ2v) is 6.46. The fourth-order valence-corrected chi connectivity index (χ4v) is 3.15. The van der Waals surface area contributed by atoms with Gasteiger partial charge in [-0.05, 0) is 24.3 Å². The number of nitrogens with one attached hydrogen (secondary N) is 1. The van der Waals surface area contributed by atoms with Crippen molar-refractivity contribution in [3.8, 4) is 11.5 Å². The number of benzene rings is 2. The first-order valence-electron chi connectivity index (χ1n) is 7.91. The average Bonchev–Trinajstić information content (AvgIpc) is 3.07. The Morgan fingerprint density at radius 1 is 1.16 bits per heavy atom. The maximum absolute atomic E-state index is 12.0. The van der Waals surface area contributed by atoms with Crippen LogP contribution in [0.4, 0.5) is 0 Å². The van der Waals surface area contributed by atoms with Crippen LogP contribution in [0.15, 0.2) is 58.2 Å². The van der Waals surface area contributed by atoms with E-state index in [1.165, 1.54) is 11.8 Å². The summed E-state index contributed by atoms with van der Waals surface area (Å²) in [5.41, 5.74) is 1.51. The van der Waals surface area contributed by atoms with Crippen molar-refractivity contribution in [3.05, 3.63) is 48.5 Å². The maximum Gasteiger partial charge on any atom is 0.257 e. The molecule has 1 aliphatic heterocycles. The van der Waals surface area contributed by atoms with E-state index in [0.717, 1.165) is 16.8 Å². The number of amides is 1. The molecule has 128 valence electrons. The minimum Gasteiger partial charge on any atom is -0.486 e. The first-order chi connectivity index (χ1) is 12.3. The van der Waals surface area contributed by atoms with Gasteiger partial charge in [0, 0.05) is 0 Å². The Morgan fingerprint density at radius 2 is 1.96 bits per heavy atom. The number of nitrogens with zero attached hydrogens (tertiary/aromatic N) is 1. The molecule has 1 atom stereocenters. The van der Waals surface area contributed by atoms with Gasteiger partial charge < -0.3 is 19.2 Å². The largest absolute Gasteiger partial charge is 0.486 e. The molecule has 0 aliphatic carbocycles. The van der Waals surface area contributed by atoms with Crippen molar-refractivity contribution in [2.45, 2.75) is 11.3 Å². The fraction of sp³-hybridized carbons (Fsp3) is 0.222. The van der Waals surface area contributed by atoms with E-state index < -0.39 is 0 Å². The average molecular weight is 356 g/mol. The number of hydrogen-bond donors (Lipinski definition) is 1. The van der Waals surface area contributed by atoms with Crippen molar-refractivity contribution < 1.29 is 18.7 Å². The topological polar surface area (TPSA) is 73.6 Å². The third kappa shape index (κ3) is 3.71. The lowest BCUT2D eigenvalue weighted by Crippen LogP contribution is -2.41. The van der Waals surface area contributed by atoms with Crippen LogP contribution in [0, 0.1) is 0 Å². The normalized spacial score (nSPS) is 15.9. The first-order valence-corrected chi connectivity index (χ1v) is 8.90. The van der Waals surface area contributed by atoms with Gasteiger partial charge in [0.15, 0.2) is 17.1 Å². The highest BCUT2D eigenvalue weighted by atomic mass is 32.2. The molecule has 0 fully saturated rings. The zero-order valence-electron chi connectivity index (χ0n) is 13.3. The molecule has 0 saturated carbocycles. The van der Waals surface area contributed by atoms with Crippen molar-refractivity contribution in [2.24, 2.45) is 0 Å². The van der Waals surface area contributed by atoms with Crippen LogP contribution in [0.3, 0.4) is 0 Å². The van der Waals surface area contributed by atoms with E-state index in [0.29, 0.717) is 24.1 Å². The lowest BCUT2D eigenvalue weighted by Gasteiger charge is -2.26. The van der Waals surface area contributed by atoms with Crippen LogP contribution in [-0.2, 0) is 4.79 Å². The molecule has 1 aliphatic rings. The van der Waals surface area contributed by atoms with Gasteiger partial charge in [-0.2, -0.15) is 0 Å². The van der Waals surface area contributed by atoms with Crippen LogP contribution in [0.25, 0.3) is 11.1 Å². The smallest absolute Gasteiger partial charge is 0.257 e. The maximum atomic E-state index is 12.0. The van der Waals surface area contributed by atoms with Gasteiger partial charge in [0.2, 0.25) is 5.91 Å². The number of ether oxygens (including phenoxy) is 2. The predicted molar refractivity (Wildman–Crippen MR) is 94.1 cm³/mol. The Labute approximate surface area is 148 Å². The minimum atomic E-state index is -0.201. The monoisotopic (exact) mass is 356 g/mol. The van der Waals surface area contributed by atoms with E-state index in [9.17, 15) is 4.79 Å². The Hall–Kier alpha value is -2.67. The third-order valence-electron chi connectivity index (χ3n) is 3.70. The Balaban J connectivity index is 1.25. The summed E-state index contributed by atoms with van der Waals surface area (Å²) in [5.74, 6) is 1.57. The molecule has 1 aromatic heterocycles. The second-order valence-electron chi connectivity index (χ2n) is 5.54. The van der Waals surface area contributed by atoms with Gasteiger partial charge in [-0.1, -0.05) is 36.0 Å². The van der Waals surface area contributed by atoms with Crippen molar-refractivity contribution in [1.29, 1.82) is 0 Å². The second kappa shape index (κ2) is 7.06. The van der Waals surface area contributed by atoms with Gasteiger partial charge in [0.25, 0.3) is 5.22 Å². The van der Waals surface area contributed by atoms with Crippen LogP contribution < -0.4 is 14.8 Å². The summed E-state index contributed by atoms with van der Waals surface area (Å²) in [5, 5.41) is 3.34. The summed E-state index contributed by atoms with van der Waals surface area (Å²) < 4.78 is 17.0. The molecular weight excluding hydrogens is 340 g/mol. The van der Waals surface area contributed by atoms with Crippen LogP contribution in [0.1, 0.15) is 0 Å². The van der Waals surface area contributed by atoms with Crippen LogP contribution >= 0.6 is 11.8 Å². The lowest BCUT2D eigenvalue weighted by molar-refractivity contribution is -0.119. The summed E-state index contributed by atoms with van der Waals surface area (Å²) in [7, 11) is 0. The number of oxazole rings is 1. The summed E-state index contributed by atoms with van der Waals surface area (Å²) >= 11 is 1.27. The number of aromatic nitrogens is 1. The Bertz CT molecular complexity index is 862. The Morgan fingerprint density at radius 3 is 2.84 bits per heavy atom. The molecule has 7 heteroatoms. The number of fused-ring (bicyclic) bond motifs is 2. The quantitative estimate of drug-likeness (QED) is 0.709. The molecule has 4 rings (SSSR count). The fourth-order valence-electron chi connectivity index (χ4n) is 2.48. The highest BCUT2D eigenvalue weighted by molar-refractivity contribution is 7.99. The van der Waals surface area contributed by atoms with E-state index in [1.54, 1.807) is 0 Å². The van der Waals surface area contributed by atoms with Crippen LogP contribution in [-0.4, -0.2) is 35.9 Å². The Kier molecular flexibility index (Phi) is 4.47. The van der Waals surface area contributed by atoms with E-state index in [2.05, 4.69) is 10.3 Å². The molecule has 0 bridgehead atoms. The summed E-state index contributed by atoms with van der Waals surface area (Å²) in [6, 6.07) is 15.0. The molecule has 1 amide bonds. The van der Waals surface area contributed by atoms with Crippen LogP contribution in [0.2, 0.25) is 0 Å². The molecule has 25 heavy (non-hydrogen) atoms. The summed E-state index contributed by atoms with van der Waals surface area (Å²) in [6.45, 7) is 0.802. The van der Waals surface area contributed by atoms with E-state index in [1.807, 2.05) is 48.5 Å². The SMILES string of the molecule is O=C(CSc1nc2ccccc2o1)NC[C@@H]1COc2ccccc2O1. The van der Waals surface area contributed by atoms with E-state index in [4.69, 9.17) is 13.9 Å². The standard InChI is InChI=1S/C18H16N2O4S/c21-17(11-25-18-20-13-5-1-2-6-14(13)24-18)19-9-12-10-22-15-7-3-4-8-16(15)23-12/h1-8,12H,9-11H2,(H,19,21)/t12-/m1/s1. The van der Waals surface area contributed by atoms with E-state index >= 15 is 0 Å². The highest BCUT2D eigenvalue weighted by Gasteiger charge is 2.21. The molecule has 0 unspecified atom stereocenters. The van der Waals surface area contributed by atoms with Crippen LogP contribution in [0.5, 0.6) is 11.5 Å². The molecule has 2 aromatic carbocycles. The van der Waals surface area contributed by atoms with Gasteiger partial charge in [0.05, 0.1) is 12.3 Å². The number of carbonyl (C=O) groups is 1. The van der Waals surface area contributed by atoms with Gasteiger partial charge in [-0.15, -0.1) is 0 Å². The molecule has 1 N–H and O–H groups in total. The van der Waals surface area contributed by atoms with Gasteiger partial charge in [-0.3, -0.25) is 4.79 Å². The molecule has 3 aromatic rings. The van der Waals surface area contributed by atoms with Crippen molar-refractivity contribution >= 4 is 28.8 Å². The van der Waals surface area contributed by atoms with Gasteiger partial charge >= 0.3 is 0 Å². The van der Waals surface area contributed by atoms with E-state index in [-0.39, 0.29) is 17.8 Å². The van der Waals surface area contributed by atoms with Gasteiger partial charge in [0.1, 0.15) is 18.2 Å². The zero-order valence-corrected chi connectivity index (χ0v) is 14.1. The number of carbonyl (C=O) groups excluding carboxylic acids is 1. The third-order valence-corrected chi connectivity index (χ3v) is 4.52. The first kappa shape index (κ1) is 15.8. The molecule has 6 nitrogen and oxygen atoms in total. The minimum absolute atomic E-state index is 0.102. The molecule has 0 radical (unpaired) electrons. The molecule has 0 spiro atoms. The summed E-state index contributed by atoms with van der Waals surface area (Å²) in [4.78, 5) is 16.4. The lowest BCUT2D eigenvalue weighted by atomic mass is 10.2.